The summed E-state index contributed by atoms with van der Waals surface area (Å²) >= 11 is 0. The lowest BCUT2D eigenvalue weighted by Gasteiger charge is -2.14. The van der Waals surface area contributed by atoms with Crippen molar-refractivity contribution in [1.29, 1.82) is 0 Å². The molecule has 1 N–H and O–H groups in total. The van der Waals surface area contributed by atoms with Gasteiger partial charge in [-0.05, 0) is 25.1 Å². The summed E-state index contributed by atoms with van der Waals surface area (Å²) in [5, 5.41) is 8.66. The van der Waals surface area contributed by atoms with E-state index in [1.165, 1.54) is 12.1 Å². The summed E-state index contributed by atoms with van der Waals surface area (Å²) in [5.41, 5.74) is 0.478. The molecule has 1 rings (SSSR count). The fourth-order valence-electron chi connectivity index (χ4n) is 1.40. The molecule has 98 valence electrons. The first-order chi connectivity index (χ1) is 8.67. The van der Waals surface area contributed by atoms with E-state index in [1.54, 1.807) is 13.2 Å². The first kappa shape index (κ1) is 14.5. The number of aliphatic hydroxyl groups is 1. The van der Waals surface area contributed by atoms with E-state index in [0.717, 1.165) is 0 Å². The number of methoxy groups -OCH3 is 1. The topological polar surface area (TPSA) is 38.7 Å². The number of benzene rings is 1. The summed E-state index contributed by atoms with van der Waals surface area (Å²) < 4.78 is 23.7. The van der Waals surface area contributed by atoms with E-state index < -0.39 is 0 Å². The van der Waals surface area contributed by atoms with Gasteiger partial charge in [0.15, 0.2) is 0 Å². The number of hydrogen-bond donors (Lipinski definition) is 1. The van der Waals surface area contributed by atoms with Crippen LogP contribution in [0.3, 0.4) is 0 Å². The van der Waals surface area contributed by atoms with Crippen molar-refractivity contribution in [2.75, 3.05) is 20.3 Å². The minimum atomic E-state index is -0.366. The fraction of sp³-hybridized carbons (Fsp3) is 0.429. The lowest BCUT2D eigenvalue weighted by molar-refractivity contribution is 0.0918. The molecule has 1 aromatic rings. The normalized spacial score (nSPS) is 11.6. The summed E-state index contributed by atoms with van der Waals surface area (Å²) in [6.45, 7) is 2.29. The van der Waals surface area contributed by atoms with Gasteiger partial charge in [0.2, 0.25) is 0 Å². The Balaban J connectivity index is 2.86. The predicted molar refractivity (Wildman–Crippen MR) is 66.9 cm³/mol. The molecule has 0 radical (unpaired) electrons. The van der Waals surface area contributed by atoms with Crippen molar-refractivity contribution in [1.82, 2.24) is 0 Å². The van der Waals surface area contributed by atoms with Gasteiger partial charge in [-0.25, -0.2) is 4.39 Å². The van der Waals surface area contributed by atoms with Crippen LogP contribution in [-0.4, -0.2) is 31.5 Å². The predicted octanol–water partition coefficient (Wildman–Crippen LogP) is 1.97. The van der Waals surface area contributed by atoms with Gasteiger partial charge < -0.3 is 14.6 Å². The van der Waals surface area contributed by atoms with E-state index in [2.05, 4.69) is 11.8 Å². The molecule has 3 nitrogen and oxygen atoms in total. The second-order valence-electron chi connectivity index (χ2n) is 3.80. The van der Waals surface area contributed by atoms with Crippen LogP contribution in [-0.2, 0) is 4.74 Å². The van der Waals surface area contributed by atoms with Crippen molar-refractivity contribution < 1.29 is 19.0 Å². The standard InChI is InChI=1S/C14H17FO3/c1-11(10-17-2)18-14-7-6-13(15)9-12(14)5-3-4-8-16/h6-7,9,11,16H,4,8,10H2,1-2H3. The zero-order valence-electron chi connectivity index (χ0n) is 10.6. The number of halogens is 1. The number of ether oxygens (including phenoxy) is 2. The molecule has 0 aliphatic rings. The molecule has 0 saturated carbocycles. The van der Waals surface area contributed by atoms with Crippen LogP contribution in [0.4, 0.5) is 4.39 Å². The quantitative estimate of drug-likeness (QED) is 0.814. The summed E-state index contributed by atoms with van der Waals surface area (Å²) in [4.78, 5) is 0. The van der Waals surface area contributed by atoms with E-state index in [4.69, 9.17) is 14.6 Å². The van der Waals surface area contributed by atoms with Gasteiger partial charge in [0.25, 0.3) is 0 Å². The lowest BCUT2D eigenvalue weighted by atomic mass is 10.2. The second kappa shape index (κ2) is 7.70. The third-order valence-corrected chi connectivity index (χ3v) is 2.13. The van der Waals surface area contributed by atoms with Crippen LogP contribution in [0, 0.1) is 17.7 Å². The maximum Gasteiger partial charge on any atom is 0.135 e. The number of rotatable bonds is 5. The average Bonchev–Trinajstić information content (AvgIpc) is 2.33. The first-order valence-electron chi connectivity index (χ1n) is 5.72. The Hall–Kier alpha value is -1.57. The Morgan fingerprint density at radius 1 is 1.44 bits per heavy atom. The molecular weight excluding hydrogens is 235 g/mol. The second-order valence-corrected chi connectivity index (χ2v) is 3.80. The molecule has 0 aromatic heterocycles. The molecule has 0 heterocycles. The van der Waals surface area contributed by atoms with Crippen LogP contribution in [0.15, 0.2) is 18.2 Å². The Morgan fingerprint density at radius 3 is 2.89 bits per heavy atom. The van der Waals surface area contributed by atoms with Gasteiger partial charge in [0.1, 0.15) is 17.7 Å². The van der Waals surface area contributed by atoms with Crippen molar-refractivity contribution in [2.45, 2.75) is 19.4 Å². The molecule has 18 heavy (non-hydrogen) atoms. The third-order valence-electron chi connectivity index (χ3n) is 2.13. The highest BCUT2D eigenvalue weighted by atomic mass is 19.1. The van der Waals surface area contributed by atoms with Crippen LogP contribution < -0.4 is 4.74 Å². The molecule has 4 heteroatoms. The van der Waals surface area contributed by atoms with E-state index in [-0.39, 0.29) is 18.5 Å². The summed E-state index contributed by atoms with van der Waals surface area (Å²) in [5.74, 6) is 5.69. The Morgan fingerprint density at radius 2 is 2.22 bits per heavy atom. The van der Waals surface area contributed by atoms with Crippen LogP contribution in [0.25, 0.3) is 0 Å². The van der Waals surface area contributed by atoms with Gasteiger partial charge in [-0.2, -0.15) is 0 Å². The van der Waals surface area contributed by atoms with Crippen LogP contribution >= 0.6 is 0 Å². The third kappa shape index (κ3) is 4.74. The first-order valence-corrected chi connectivity index (χ1v) is 5.72. The van der Waals surface area contributed by atoms with Gasteiger partial charge in [-0.3, -0.25) is 0 Å². The van der Waals surface area contributed by atoms with E-state index in [9.17, 15) is 4.39 Å². The average molecular weight is 252 g/mol. The monoisotopic (exact) mass is 252 g/mol. The summed E-state index contributed by atoms with van der Waals surface area (Å²) in [6.07, 6.45) is 0.211. The number of aliphatic hydroxyl groups excluding tert-OH is 1. The molecule has 0 aliphatic heterocycles. The molecule has 0 spiro atoms. The highest BCUT2D eigenvalue weighted by Gasteiger charge is 2.08. The molecular formula is C14H17FO3. The molecule has 1 unspecified atom stereocenters. The zero-order chi connectivity index (χ0) is 13.4. The zero-order valence-corrected chi connectivity index (χ0v) is 10.6. The van der Waals surface area contributed by atoms with Gasteiger partial charge in [0.05, 0.1) is 18.8 Å². The largest absolute Gasteiger partial charge is 0.487 e. The highest BCUT2D eigenvalue weighted by molar-refractivity contribution is 5.46. The van der Waals surface area contributed by atoms with E-state index in [1.807, 2.05) is 6.92 Å². The maximum absolute atomic E-state index is 13.1. The van der Waals surface area contributed by atoms with Crippen LogP contribution in [0.1, 0.15) is 18.9 Å². The Labute approximate surface area is 107 Å². The molecule has 0 aliphatic carbocycles. The summed E-state index contributed by atoms with van der Waals surface area (Å²) in [6, 6.07) is 4.19. The Bertz CT molecular complexity index is 434. The van der Waals surface area contributed by atoms with Crippen molar-refractivity contribution in [3.63, 3.8) is 0 Å². The molecule has 0 saturated heterocycles. The van der Waals surface area contributed by atoms with E-state index >= 15 is 0 Å². The molecule has 0 bridgehead atoms. The lowest BCUT2D eigenvalue weighted by Crippen LogP contribution is -2.18. The van der Waals surface area contributed by atoms with Gasteiger partial charge in [0, 0.05) is 13.5 Å². The maximum atomic E-state index is 13.1. The van der Waals surface area contributed by atoms with Crippen molar-refractivity contribution in [3.05, 3.63) is 29.6 Å². The highest BCUT2D eigenvalue weighted by Crippen LogP contribution is 2.20. The minimum absolute atomic E-state index is 0.0153. The van der Waals surface area contributed by atoms with Gasteiger partial charge in [-0.1, -0.05) is 11.8 Å². The van der Waals surface area contributed by atoms with Crippen molar-refractivity contribution in [3.8, 4) is 17.6 Å². The SMILES string of the molecule is COCC(C)Oc1ccc(F)cc1C#CCCO. The van der Waals surface area contributed by atoms with E-state index in [0.29, 0.717) is 24.3 Å². The molecule has 1 atom stereocenters. The minimum Gasteiger partial charge on any atom is -0.487 e. The molecule has 1 aromatic carbocycles. The Kier molecular flexibility index (Phi) is 6.20. The smallest absolute Gasteiger partial charge is 0.135 e. The van der Waals surface area contributed by atoms with Crippen LogP contribution in [0.2, 0.25) is 0 Å². The van der Waals surface area contributed by atoms with Gasteiger partial charge in [-0.15, -0.1) is 0 Å². The molecule has 0 fully saturated rings. The van der Waals surface area contributed by atoms with Gasteiger partial charge >= 0.3 is 0 Å². The van der Waals surface area contributed by atoms with Crippen molar-refractivity contribution in [2.24, 2.45) is 0 Å². The molecule has 0 amide bonds. The summed E-state index contributed by atoms with van der Waals surface area (Å²) in [7, 11) is 1.59. The number of hydrogen-bond acceptors (Lipinski definition) is 3. The fourth-order valence-corrected chi connectivity index (χ4v) is 1.40. The van der Waals surface area contributed by atoms with Crippen molar-refractivity contribution >= 4 is 0 Å². The van der Waals surface area contributed by atoms with Crippen LogP contribution in [0.5, 0.6) is 5.75 Å².